The standard InChI is InChI=1S/C25H26ClNO4S/c1-17-15-18(2)24(19(3)16-17)25(28)31-14-13-23(20-7-5-4-6-8-20)27-32(29,30)22-11-9-21(26)10-12-22/h4-12,15-16,23,27H,13-14H2,1-3H3. The summed E-state index contributed by atoms with van der Waals surface area (Å²) in [6.07, 6.45) is 0.284. The monoisotopic (exact) mass is 471 g/mol. The molecule has 3 aromatic rings. The van der Waals surface area contributed by atoms with Crippen molar-refractivity contribution in [1.82, 2.24) is 4.72 Å². The van der Waals surface area contributed by atoms with Crippen LogP contribution in [0.25, 0.3) is 0 Å². The van der Waals surface area contributed by atoms with Crippen LogP contribution in [-0.2, 0) is 14.8 Å². The predicted molar refractivity (Wildman–Crippen MR) is 127 cm³/mol. The molecule has 0 bridgehead atoms. The highest BCUT2D eigenvalue weighted by Crippen LogP contribution is 2.23. The van der Waals surface area contributed by atoms with Gasteiger partial charge in [0.25, 0.3) is 0 Å². The lowest BCUT2D eigenvalue weighted by Crippen LogP contribution is -2.30. The molecule has 0 aliphatic rings. The Kier molecular flexibility index (Phi) is 7.72. The molecular formula is C25H26ClNO4S. The topological polar surface area (TPSA) is 72.5 Å². The summed E-state index contributed by atoms with van der Waals surface area (Å²) in [5, 5.41) is 0.456. The second-order valence-electron chi connectivity index (χ2n) is 7.74. The van der Waals surface area contributed by atoms with E-state index in [1.807, 2.05) is 63.2 Å². The number of benzene rings is 3. The molecule has 0 saturated heterocycles. The van der Waals surface area contributed by atoms with Crippen LogP contribution in [0.4, 0.5) is 0 Å². The molecule has 0 amide bonds. The zero-order chi connectivity index (χ0) is 23.3. The van der Waals surface area contributed by atoms with Crippen LogP contribution in [-0.4, -0.2) is 21.0 Å². The van der Waals surface area contributed by atoms with Crippen molar-refractivity contribution < 1.29 is 17.9 Å². The van der Waals surface area contributed by atoms with Gasteiger partial charge in [0.15, 0.2) is 0 Å². The third-order valence-corrected chi connectivity index (χ3v) is 6.88. The van der Waals surface area contributed by atoms with E-state index >= 15 is 0 Å². The van der Waals surface area contributed by atoms with E-state index in [-0.39, 0.29) is 17.9 Å². The van der Waals surface area contributed by atoms with Gasteiger partial charge in [-0.3, -0.25) is 0 Å². The fraction of sp³-hybridized carbons (Fsp3) is 0.240. The largest absolute Gasteiger partial charge is 0.462 e. The summed E-state index contributed by atoms with van der Waals surface area (Å²) >= 11 is 5.88. The average molecular weight is 472 g/mol. The Bertz CT molecular complexity index is 1170. The Balaban J connectivity index is 1.75. The molecule has 0 radical (unpaired) electrons. The van der Waals surface area contributed by atoms with Crippen molar-refractivity contribution >= 4 is 27.6 Å². The van der Waals surface area contributed by atoms with Crippen LogP contribution in [0.1, 0.15) is 45.1 Å². The highest BCUT2D eigenvalue weighted by Gasteiger charge is 2.22. The molecule has 0 aliphatic carbocycles. The maximum Gasteiger partial charge on any atom is 0.338 e. The summed E-state index contributed by atoms with van der Waals surface area (Å²) in [6.45, 7) is 5.80. The minimum absolute atomic E-state index is 0.0638. The normalized spacial score (nSPS) is 12.4. The number of nitrogens with one attached hydrogen (secondary N) is 1. The Morgan fingerprint density at radius 2 is 1.56 bits per heavy atom. The van der Waals surface area contributed by atoms with Crippen LogP contribution in [0.15, 0.2) is 71.6 Å². The minimum atomic E-state index is -3.79. The highest BCUT2D eigenvalue weighted by atomic mass is 35.5. The Morgan fingerprint density at radius 1 is 0.969 bits per heavy atom. The van der Waals surface area contributed by atoms with Gasteiger partial charge >= 0.3 is 5.97 Å². The van der Waals surface area contributed by atoms with Crippen LogP contribution in [0, 0.1) is 20.8 Å². The molecule has 7 heteroatoms. The SMILES string of the molecule is Cc1cc(C)c(C(=O)OCCC(NS(=O)(=O)c2ccc(Cl)cc2)c2ccccc2)c(C)c1. The minimum Gasteiger partial charge on any atom is -0.462 e. The first-order valence-corrected chi connectivity index (χ1v) is 12.1. The number of carbonyl (C=O) groups excluding carboxylic acids is 1. The molecule has 5 nitrogen and oxygen atoms in total. The van der Waals surface area contributed by atoms with Crippen molar-refractivity contribution in [2.24, 2.45) is 0 Å². The zero-order valence-corrected chi connectivity index (χ0v) is 19.8. The van der Waals surface area contributed by atoms with E-state index in [1.54, 1.807) is 0 Å². The lowest BCUT2D eigenvalue weighted by molar-refractivity contribution is 0.0490. The van der Waals surface area contributed by atoms with Gasteiger partial charge in [0.2, 0.25) is 10.0 Å². The van der Waals surface area contributed by atoms with Gasteiger partial charge in [0.05, 0.1) is 23.1 Å². The summed E-state index contributed by atoms with van der Waals surface area (Å²) in [4.78, 5) is 12.8. The Hall–Kier alpha value is -2.67. The molecule has 0 heterocycles. The second-order valence-corrected chi connectivity index (χ2v) is 9.89. The number of sulfonamides is 1. The molecule has 1 N–H and O–H groups in total. The van der Waals surface area contributed by atoms with Crippen molar-refractivity contribution in [3.63, 3.8) is 0 Å². The summed E-state index contributed by atoms with van der Waals surface area (Å²) in [7, 11) is -3.79. The lowest BCUT2D eigenvalue weighted by atomic mass is 10.00. The van der Waals surface area contributed by atoms with Crippen LogP contribution >= 0.6 is 11.6 Å². The van der Waals surface area contributed by atoms with Gasteiger partial charge in [-0.1, -0.05) is 59.6 Å². The second kappa shape index (κ2) is 10.3. The summed E-state index contributed by atoms with van der Waals surface area (Å²) < 4.78 is 34.1. The highest BCUT2D eigenvalue weighted by molar-refractivity contribution is 7.89. The van der Waals surface area contributed by atoms with Crippen LogP contribution < -0.4 is 4.72 Å². The predicted octanol–water partition coefficient (Wildman–Crippen LogP) is 5.53. The van der Waals surface area contributed by atoms with Crippen molar-refractivity contribution in [2.45, 2.75) is 38.1 Å². The van der Waals surface area contributed by atoms with Gasteiger partial charge in [-0.15, -0.1) is 0 Å². The van der Waals surface area contributed by atoms with Crippen LogP contribution in [0.2, 0.25) is 5.02 Å². The molecule has 0 saturated carbocycles. The zero-order valence-electron chi connectivity index (χ0n) is 18.3. The quantitative estimate of drug-likeness (QED) is 0.438. The third kappa shape index (κ3) is 5.97. The molecule has 3 aromatic carbocycles. The van der Waals surface area contributed by atoms with Gasteiger partial charge in [-0.05, 0) is 61.7 Å². The van der Waals surface area contributed by atoms with E-state index in [4.69, 9.17) is 16.3 Å². The maximum atomic E-state index is 12.9. The van der Waals surface area contributed by atoms with Crippen molar-refractivity contribution in [3.8, 4) is 0 Å². The number of carbonyl (C=O) groups is 1. The van der Waals surface area contributed by atoms with E-state index in [1.165, 1.54) is 24.3 Å². The van der Waals surface area contributed by atoms with Crippen LogP contribution in [0.5, 0.6) is 0 Å². The molecule has 1 atom stereocenters. The van der Waals surface area contributed by atoms with Gasteiger partial charge in [-0.25, -0.2) is 17.9 Å². The maximum absolute atomic E-state index is 12.9. The molecule has 3 rings (SSSR count). The van der Waals surface area contributed by atoms with E-state index < -0.39 is 22.0 Å². The molecule has 0 aliphatic heterocycles. The first-order valence-electron chi connectivity index (χ1n) is 10.2. The van der Waals surface area contributed by atoms with Crippen molar-refractivity contribution in [1.29, 1.82) is 0 Å². The molecule has 1 unspecified atom stereocenters. The smallest absolute Gasteiger partial charge is 0.338 e. The molecule has 32 heavy (non-hydrogen) atoms. The molecule has 0 aromatic heterocycles. The van der Waals surface area contributed by atoms with Crippen LogP contribution in [0.3, 0.4) is 0 Å². The number of esters is 1. The fourth-order valence-electron chi connectivity index (χ4n) is 3.69. The number of hydrogen-bond acceptors (Lipinski definition) is 4. The van der Waals surface area contributed by atoms with Gasteiger partial charge < -0.3 is 4.74 Å². The Labute approximate surface area is 194 Å². The van der Waals surface area contributed by atoms with E-state index in [0.29, 0.717) is 10.6 Å². The summed E-state index contributed by atoms with van der Waals surface area (Å²) in [6, 6.07) is 18.5. The van der Waals surface area contributed by atoms with Crippen molar-refractivity contribution in [3.05, 3.63) is 99.6 Å². The number of rotatable bonds is 8. The third-order valence-electron chi connectivity index (χ3n) is 5.14. The van der Waals surface area contributed by atoms with E-state index in [2.05, 4.69) is 4.72 Å². The fourth-order valence-corrected chi connectivity index (χ4v) is 5.08. The lowest BCUT2D eigenvalue weighted by Gasteiger charge is -2.20. The van der Waals surface area contributed by atoms with Crippen molar-refractivity contribution in [2.75, 3.05) is 6.61 Å². The molecular weight excluding hydrogens is 446 g/mol. The molecule has 0 fully saturated rings. The van der Waals surface area contributed by atoms with E-state index in [0.717, 1.165) is 22.3 Å². The van der Waals surface area contributed by atoms with Gasteiger partial charge in [-0.2, -0.15) is 0 Å². The average Bonchev–Trinajstić information content (AvgIpc) is 2.73. The number of aryl methyl sites for hydroxylation is 3. The number of halogens is 1. The first-order chi connectivity index (χ1) is 15.2. The summed E-state index contributed by atoms with van der Waals surface area (Å²) in [5.74, 6) is -0.410. The summed E-state index contributed by atoms with van der Waals surface area (Å²) in [5.41, 5.74) is 4.13. The van der Waals surface area contributed by atoms with Gasteiger partial charge in [0.1, 0.15) is 0 Å². The molecule has 0 spiro atoms. The number of hydrogen-bond donors (Lipinski definition) is 1. The number of ether oxygens (including phenoxy) is 1. The Morgan fingerprint density at radius 3 is 2.16 bits per heavy atom. The first kappa shape index (κ1) is 24.0. The van der Waals surface area contributed by atoms with Gasteiger partial charge in [0, 0.05) is 11.4 Å². The van der Waals surface area contributed by atoms with E-state index in [9.17, 15) is 13.2 Å². The molecule has 168 valence electrons.